The number of unbranched alkanes of at least 4 members (excludes halogenated alkanes) is 36. The van der Waals surface area contributed by atoms with Gasteiger partial charge in [-0.1, -0.05) is 251 Å². The van der Waals surface area contributed by atoms with E-state index < -0.39 is 5.41 Å². The van der Waals surface area contributed by atoms with Crippen molar-refractivity contribution in [3.63, 3.8) is 0 Å². The Kier molecular flexibility index (Phi) is 37.8. The van der Waals surface area contributed by atoms with Gasteiger partial charge in [0.1, 0.15) is 0 Å². The Morgan fingerprint density at radius 2 is 0.672 bits per heavy atom. The Morgan fingerprint density at radius 1 is 0.410 bits per heavy atom. The second-order valence-corrected chi connectivity index (χ2v) is 19.1. The first kappa shape index (κ1) is 56.8. The quantitative estimate of drug-likeness (QED) is 0.0399. The third-order valence-corrected chi connectivity index (χ3v) is 13.0. The molecule has 354 valence electrons. The van der Waals surface area contributed by atoms with Crippen molar-refractivity contribution in [2.75, 3.05) is 6.54 Å². The predicted molar refractivity (Wildman–Crippen MR) is 261 cm³/mol. The molecule has 6 heteroatoms. The molecule has 0 bridgehead atoms. The summed E-state index contributed by atoms with van der Waals surface area (Å²) in [6.07, 6.45) is 50.3. The van der Waals surface area contributed by atoms with E-state index >= 15 is 0 Å². The van der Waals surface area contributed by atoms with Crippen LogP contribution in [0.2, 0.25) is 0 Å². The second-order valence-electron chi connectivity index (χ2n) is 19.1. The van der Waals surface area contributed by atoms with E-state index in [0.29, 0.717) is 18.4 Å². The van der Waals surface area contributed by atoms with Crippen LogP contribution in [0.15, 0.2) is 18.2 Å². The third-order valence-electron chi connectivity index (χ3n) is 13.0. The van der Waals surface area contributed by atoms with Gasteiger partial charge in [0.05, 0.1) is 6.54 Å². The van der Waals surface area contributed by atoms with Gasteiger partial charge in [-0.25, -0.2) is 0 Å². The maximum absolute atomic E-state index is 13.0. The normalized spacial score (nSPS) is 11.6. The molecule has 2 N–H and O–H groups in total. The molecule has 0 aliphatic rings. The Balaban J connectivity index is 2.26. The van der Waals surface area contributed by atoms with Crippen LogP contribution in [0.4, 0.5) is 0 Å². The summed E-state index contributed by atoms with van der Waals surface area (Å²) >= 11 is 0. The highest BCUT2D eigenvalue weighted by Crippen LogP contribution is 2.35. The highest BCUT2D eigenvalue weighted by Gasteiger charge is 2.30. The van der Waals surface area contributed by atoms with E-state index in [9.17, 15) is 14.4 Å². The van der Waals surface area contributed by atoms with Crippen LogP contribution in [-0.2, 0) is 19.8 Å². The number of benzene rings is 1. The molecule has 1 aromatic rings. The fraction of sp³-hybridized carbons (Fsp3) is 0.836. The summed E-state index contributed by atoms with van der Waals surface area (Å²) in [6.45, 7) is 8.10. The Morgan fingerprint density at radius 3 is 0.951 bits per heavy atom. The lowest BCUT2D eigenvalue weighted by Crippen LogP contribution is -2.34. The highest BCUT2D eigenvalue weighted by molar-refractivity contribution is 5.91. The molecule has 0 amide bonds. The molecular weight excluding hydrogens is 755 g/mol. The van der Waals surface area contributed by atoms with Crippen molar-refractivity contribution in [1.29, 1.82) is 0 Å². The van der Waals surface area contributed by atoms with Gasteiger partial charge in [0.2, 0.25) is 0 Å². The van der Waals surface area contributed by atoms with Crippen LogP contribution in [0.25, 0.3) is 0 Å². The molecule has 0 spiro atoms. The number of nitrogens with two attached hydrogens (primary N) is 1. The number of hydrogen-bond donors (Lipinski definition) is 1. The van der Waals surface area contributed by atoms with Crippen LogP contribution in [0.5, 0.6) is 11.5 Å². The first-order valence-electron chi connectivity index (χ1n) is 26.6. The zero-order valence-corrected chi connectivity index (χ0v) is 40.8. The van der Waals surface area contributed by atoms with Gasteiger partial charge >= 0.3 is 11.9 Å². The summed E-state index contributed by atoms with van der Waals surface area (Å²) in [7, 11) is 0. The maximum Gasteiger partial charge on any atom is 0.311 e. The first-order valence-corrected chi connectivity index (χ1v) is 26.6. The van der Waals surface area contributed by atoms with Gasteiger partial charge in [0.15, 0.2) is 17.3 Å². The number of carbonyl (C=O) groups is 3. The van der Waals surface area contributed by atoms with Gasteiger partial charge < -0.3 is 15.2 Å². The largest absolute Gasteiger partial charge is 0.423 e. The second kappa shape index (κ2) is 40.6. The molecule has 61 heavy (non-hydrogen) atoms. The molecule has 0 saturated heterocycles. The number of carbonyl (C=O) groups excluding carboxylic acids is 3. The van der Waals surface area contributed by atoms with Crippen molar-refractivity contribution in [2.24, 2.45) is 5.73 Å². The van der Waals surface area contributed by atoms with Crippen LogP contribution in [0.1, 0.15) is 290 Å². The minimum Gasteiger partial charge on any atom is -0.423 e. The maximum atomic E-state index is 13.0. The van der Waals surface area contributed by atoms with Gasteiger partial charge in [0.25, 0.3) is 0 Å². The summed E-state index contributed by atoms with van der Waals surface area (Å²) in [4.78, 5) is 38.5. The smallest absolute Gasteiger partial charge is 0.311 e. The van der Waals surface area contributed by atoms with Crippen LogP contribution in [-0.4, -0.2) is 24.3 Å². The van der Waals surface area contributed by atoms with E-state index in [1.165, 1.54) is 205 Å². The summed E-state index contributed by atoms with van der Waals surface area (Å²) in [5.41, 5.74) is 5.52. The summed E-state index contributed by atoms with van der Waals surface area (Å²) in [6, 6.07) is 5.08. The van der Waals surface area contributed by atoms with E-state index in [2.05, 4.69) is 13.8 Å². The lowest BCUT2D eigenvalue weighted by atomic mass is 9.80. The molecule has 0 aromatic heterocycles. The number of ketones is 1. The van der Waals surface area contributed by atoms with Crippen LogP contribution in [0.3, 0.4) is 0 Å². The molecule has 6 nitrogen and oxygen atoms in total. The minimum absolute atomic E-state index is 0.0856. The SMILES string of the molecule is CCCCCCCCCCCCCCCCCCCCCC(=O)Oc1ccc(C(C)(C)C(=O)CN)cc1OC(=O)CCCCCCCCCCCCCCCCCCCCC. The average molecular weight is 854 g/mol. The summed E-state index contributed by atoms with van der Waals surface area (Å²) in [5, 5.41) is 0. The zero-order chi connectivity index (χ0) is 44.5. The van der Waals surface area contributed by atoms with Crippen LogP contribution >= 0.6 is 0 Å². The molecule has 0 unspecified atom stereocenters. The van der Waals surface area contributed by atoms with Crippen molar-refractivity contribution in [3.05, 3.63) is 23.8 Å². The van der Waals surface area contributed by atoms with Crippen molar-refractivity contribution < 1.29 is 23.9 Å². The number of hydrogen-bond acceptors (Lipinski definition) is 6. The topological polar surface area (TPSA) is 95.7 Å². The van der Waals surface area contributed by atoms with Gasteiger partial charge in [-0.15, -0.1) is 0 Å². The zero-order valence-electron chi connectivity index (χ0n) is 40.8. The number of Topliss-reactive ketones (excluding diaryl/α,β-unsaturated/α-hetero) is 1. The predicted octanol–water partition coefficient (Wildman–Crippen LogP) is 16.9. The van der Waals surface area contributed by atoms with Crippen molar-refractivity contribution in [1.82, 2.24) is 0 Å². The third kappa shape index (κ3) is 32.2. The van der Waals surface area contributed by atoms with Crippen LogP contribution in [0, 0.1) is 0 Å². The van der Waals surface area contributed by atoms with Gasteiger partial charge in [-0.2, -0.15) is 0 Å². The molecule has 0 aliphatic heterocycles. The molecule has 0 fully saturated rings. The lowest BCUT2D eigenvalue weighted by Gasteiger charge is -2.24. The molecule has 1 rings (SSSR count). The molecular formula is C55H99NO5. The van der Waals surface area contributed by atoms with Crippen molar-refractivity contribution in [2.45, 2.75) is 290 Å². The fourth-order valence-corrected chi connectivity index (χ4v) is 8.52. The van der Waals surface area contributed by atoms with Gasteiger partial charge in [-0.3, -0.25) is 14.4 Å². The fourth-order valence-electron chi connectivity index (χ4n) is 8.52. The Hall–Kier alpha value is -2.21. The number of rotatable bonds is 45. The molecule has 0 atom stereocenters. The van der Waals surface area contributed by atoms with E-state index in [4.69, 9.17) is 15.2 Å². The van der Waals surface area contributed by atoms with E-state index in [1.54, 1.807) is 18.2 Å². The highest BCUT2D eigenvalue weighted by atomic mass is 16.6. The Labute approximate surface area is 377 Å². The van der Waals surface area contributed by atoms with E-state index in [1.807, 2.05) is 13.8 Å². The van der Waals surface area contributed by atoms with Crippen molar-refractivity contribution in [3.8, 4) is 11.5 Å². The van der Waals surface area contributed by atoms with Gasteiger partial charge in [0, 0.05) is 18.3 Å². The minimum atomic E-state index is -0.863. The monoisotopic (exact) mass is 854 g/mol. The lowest BCUT2D eigenvalue weighted by molar-refractivity contribution is -0.137. The van der Waals surface area contributed by atoms with Crippen molar-refractivity contribution >= 4 is 17.7 Å². The standard InChI is InChI=1S/C55H99NO5/c1-5-7-9-11-13-15-17-19-21-23-25-27-29-31-33-35-37-39-41-43-53(58)60-50-46-45-49(55(3,4)52(57)48-56)47-51(50)61-54(59)44-42-40-38-36-34-32-30-28-26-24-22-20-18-16-14-12-10-8-6-2/h45-47H,5-44,48,56H2,1-4H3. The van der Waals surface area contributed by atoms with Crippen LogP contribution < -0.4 is 15.2 Å². The van der Waals surface area contributed by atoms with E-state index in [-0.39, 0.29) is 35.8 Å². The Bertz CT molecular complexity index is 1190. The molecule has 0 saturated carbocycles. The summed E-state index contributed by atoms with van der Waals surface area (Å²) in [5.74, 6) is -0.368. The molecule has 0 heterocycles. The average Bonchev–Trinajstić information content (AvgIpc) is 3.25. The number of esters is 2. The molecule has 1 aromatic carbocycles. The first-order chi connectivity index (χ1) is 29.8. The van der Waals surface area contributed by atoms with Gasteiger partial charge in [-0.05, 0) is 44.4 Å². The molecule has 0 radical (unpaired) electrons. The summed E-state index contributed by atoms with van der Waals surface area (Å²) < 4.78 is 11.6. The number of ether oxygens (including phenoxy) is 2. The molecule has 0 aliphatic carbocycles. The van der Waals surface area contributed by atoms with E-state index in [0.717, 1.165) is 38.5 Å².